The van der Waals surface area contributed by atoms with E-state index in [-0.39, 0.29) is 11.8 Å². The highest BCUT2D eigenvalue weighted by atomic mass is 16.6. The first-order valence-corrected chi connectivity index (χ1v) is 10.1. The third-order valence-corrected chi connectivity index (χ3v) is 5.95. The van der Waals surface area contributed by atoms with Crippen LogP contribution in [-0.2, 0) is 9.53 Å². The number of benzene rings is 1. The smallest absolute Gasteiger partial charge is 0.407 e. The summed E-state index contributed by atoms with van der Waals surface area (Å²) in [5.74, 6) is 0.199. The Hall–Kier alpha value is -3.26. The van der Waals surface area contributed by atoms with Gasteiger partial charge in [0, 0.05) is 38.2 Å². The van der Waals surface area contributed by atoms with Gasteiger partial charge in [0.15, 0.2) is 5.76 Å². The highest BCUT2D eigenvalue weighted by Gasteiger charge is 2.50. The van der Waals surface area contributed by atoms with Gasteiger partial charge in [-0.2, -0.15) is 4.99 Å². The largest absolute Gasteiger partial charge is 0.439 e. The van der Waals surface area contributed by atoms with E-state index in [1.165, 1.54) is 0 Å². The van der Waals surface area contributed by atoms with E-state index in [1.807, 2.05) is 18.2 Å². The van der Waals surface area contributed by atoms with E-state index < -0.39 is 11.7 Å². The van der Waals surface area contributed by atoms with Gasteiger partial charge in [0.25, 0.3) is 11.8 Å². The molecule has 1 saturated heterocycles. The standard InChI is InChI=1S/C22H21N3O5/c26-19(24-9-11-25(12-10-24)20(27)22(29)7-8-22)15-3-1-14(2-4-15)16-5-6-17-18(13-16)30-21(28)23-17/h1-5,13,29H,6-12H2. The third-order valence-electron chi connectivity index (χ3n) is 5.95. The van der Waals surface area contributed by atoms with Crippen LogP contribution in [-0.4, -0.2) is 70.3 Å². The molecule has 0 unspecified atom stereocenters. The average Bonchev–Trinajstić information content (AvgIpc) is 3.41. The molecule has 3 amide bonds. The Morgan fingerprint density at radius 1 is 1.03 bits per heavy atom. The molecule has 8 heteroatoms. The van der Waals surface area contributed by atoms with Crippen LogP contribution in [0.3, 0.4) is 0 Å². The lowest BCUT2D eigenvalue weighted by molar-refractivity contribution is -0.143. The summed E-state index contributed by atoms with van der Waals surface area (Å²) in [5, 5.41) is 9.99. The fourth-order valence-electron chi connectivity index (χ4n) is 3.94. The van der Waals surface area contributed by atoms with Gasteiger partial charge in [-0.1, -0.05) is 18.2 Å². The van der Waals surface area contributed by atoms with E-state index in [0.717, 1.165) is 11.1 Å². The van der Waals surface area contributed by atoms with Gasteiger partial charge < -0.3 is 19.6 Å². The van der Waals surface area contributed by atoms with Gasteiger partial charge in [0.2, 0.25) is 0 Å². The lowest BCUT2D eigenvalue weighted by Crippen LogP contribution is -2.53. The summed E-state index contributed by atoms with van der Waals surface area (Å²) >= 11 is 0. The van der Waals surface area contributed by atoms with E-state index in [0.29, 0.717) is 62.5 Å². The Bertz CT molecular complexity index is 1030. The lowest BCUT2D eigenvalue weighted by atomic mass is 9.96. The van der Waals surface area contributed by atoms with Crippen LogP contribution in [0, 0.1) is 0 Å². The molecule has 154 valence electrons. The summed E-state index contributed by atoms with van der Waals surface area (Å²) in [6.07, 6.45) is 4.77. The summed E-state index contributed by atoms with van der Waals surface area (Å²) in [7, 11) is 0. The van der Waals surface area contributed by atoms with Gasteiger partial charge >= 0.3 is 6.09 Å². The number of carbonyl (C=O) groups excluding carboxylic acids is 3. The molecule has 2 aliphatic heterocycles. The summed E-state index contributed by atoms with van der Waals surface area (Å²) in [6.45, 7) is 1.78. The minimum atomic E-state index is -1.16. The number of allylic oxidation sites excluding steroid dienone is 4. The summed E-state index contributed by atoms with van der Waals surface area (Å²) < 4.78 is 5.08. The monoisotopic (exact) mass is 407 g/mol. The van der Waals surface area contributed by atoms with Crippen molar-refractivity contribution in [3.8, 4) is 0 Å². The van der Waals surface area contributed by atoms with Crippen molar-refractivity contribution in [2.45, 2.75) is 24.9 Å². The Morgan fingerprint density at radius 3 is 2.37 bits per heavy atom. The van der Waals surface area contributed by atoms with Crippen molar-refractivity contribution in [2.75, 3.05) is 26.2 Å². The van der Waals surface area contributed by atoms with Crippen molar-refractivity contribution >= 4 is 29.2 Å². The number of carbonyl (C=O) groups is 3. The first kappa shape index (κ1) is 18.7. The van der Waals surface area contributed by atoms with Gasteiger partial charge in [-0.15, -0.1) is 0 Å². The molecule has 30 heavy (non-hydrogen) atoms. The average molecular weight is 407 g/mol. The van der Waals surface area contributed by atoms with Crippen molar-refractivity contribution in [1.29, 1.82) is 0 Å². The number of rotatable bonds is 3. The van der Waals surface area contributed by atoms with Crippen LogP contribution in [0.4, 0.5) is 4.79 Å². The number of nitrogens with zero attached hydrogens (tertiary/aromatic N) is 3. The Kier molecular flexibility index (Phi) is 4.32. The number of hydrogen-bond acceptors (Lipinski definition) is 5. The van der Waals surface area contributed by atoms with Gasteiger partial charge in [0.1, 0.15) is 5.60 Å². The second kappa shape index (κ2) is 6.91. The van der Waals surface area contributed by atoms with Crippen LogP contribution in [0.15, 0.2) is 47.2 Å². The number of aliphatic hydroxyl groups is 1. The predicted octanol–water partition coefficient (Wildman–Crippen LogP) is 1.76. The molecule has 0 radical (unpaired) electrons. The first-order chi connectivity index (χ1) is 14.4. The van der Waals surface area contributed by atoms with E-state index in [4.69, 9.17) is 4.74 Å². The zero-order valence-corrected chi connectivity index (χ0v) is 16.3. The van der Waals surface area contributed by atoms with E-state index in [9.17, 15) is 19.5 Å². The highest BCUT2D eigenvalue weighted by molar-refractivity contribution is 6.13. The molecular formula is C22H21N3O5. The number of amides is 3. The van der Waals surface area contributed by atoms with Gasteiger partial charge in [0.05, 0.1) is 5.71 Å². The predicted molar refractivity (Wildman–Crippen MR) is 108 cm³/mol. The van der Waals surface area contributed by atoms with Crippen LogP contribution >= 0.6 is 0 Å². The topological polar surface area (TPSA) is 99.5 Å². The molecule has 2 fully saturated rings. The van der Waals surface area contributed by atoms with Gasteiger partial charge in [-0.05, 0) is 42.2 Å². The Labute approximate surface area is 173 Å². The molecule has 8 nitrogen and oxygen atoms in total. The molecule has 1 saturated carbocycles. The van der Waals surface area contributed by atoms with Crippen LogP contribution < -0.4 is 0 Å². The normalized spacial score (nSPS) is 21.9. The molecule has 2 aliphatic carbocycles. The van der Waals surface area contributed by atoms with Crippen molar-refractivity contribution in [3.63, 3.8) is 0 Å². The molecule has 2 heterocycles. The maximum Gasteiger partial charge on any atom is 0.439 e. The maximum absolute atomic E-state index is 12.8. The minimum absolute atomic E-state index is 0.0751. The number of aliphatic imine (C=N–C) groups is 1. The lowest BCUT2D eigenvalue weighted by Gasteiger charge is -2.35. The molecule has 0 atom stereocenters. The zero-order valence-electron chi connectivity index (χ0n) is 16.3. The third kappa shape index (κ3) is 3.33. The number of fused-ring (bicyclic) bond motifs is 1. The second-order valence-electron chi connectivity index (χ2n) is 7.99. The van der Waals surface area contributed by atoms with Crippen molar-refractivity contribution < 1.29 is 24.2 Å². The van der Waals surface area contributed by atoms with Crippen molar-refractivity contribution in [2.24, 2.45) is 4.99 Å². The minimum Gasteiger partial charge on any atom is -0.407 e. The van der Waals surface area contributed by atoms with Crippen LogP contribution in [0.25, 0.3) is 5.57 Å². The number of ether oxygens (including phenoxy) is 1. The Morgan fingerprint density at radius 2 is 1.70 bits per heavy atom. The van der Waals surface area contributed by atoms with Crippen molar-refractivity contribution in [1.82, 2.24) is 9.80 Å². The molecule has 4 aliphatic rings. The molecule has 0 spiro atoms. The fourth-order valence-corrected chi connectivity index (χ4v) is 3.94. The maximum atomic E-state index is 12.8. The highest BCUT2D eigenvalue weighted by Crippen LogP contribution is 2.37. The quantitative estimate of drug-likeness (QED) is 0.823. The van der Waals surface area contributed by atoms with Crippen molar-refractivity contribution in [3.05, 3.63) is 53.3 Å². The molecule has 1 aromatic carbocycles. The fraction of sp³-hybridized carbons (Fsp3) is 0.364. The summed E-state index contributed by atoms with van der Waals surface area (Å²) in [4.78, 5) is 43.5. The van der Waals surface area contributed by atoms with Crippen LogP contribution in [0.2, 0.25) is 0 Å². The van der Waals surface area contributed by atoms with Crippen LogP contribution in [0.5, 0.6) is 0 Å². The number of hydrogen-bond donors (Lipinski definition) is 1. The second-order valence-corrected chi connectivity index (χ2v) is 7.99. The SMILES string of the molecule is O=C1N=C2CC=C(c3ccc(C(=O)N4CCN(C(=O)C5(O)CC5)CC4)cc3)C=C2O1. The molecular weight excluding hydrogens is 386 g/mol. The molecule has 1 N–H and O–H groups in total. The molecule has 1 aromatic rings. The number of piperazine rings is 1. The molecule has 0 aromatic heterocycles. The van der Waals surface area contributed by atoms with E-state index in [2.05, 4.69) is 4.99 Å². The molecule has 0 bridgehead atoms. The summed E-state index contributed by atoms with van der Waals surface area (Å²) in [5.41, 5.74) is 1.91. The first-order valence-electron chi connectivity index (χ1n) is 10.1. The molecule has 5 rings (SSSR count). The van der Waals surface area contributed by atoms with Gasteiger partial charge in [-0.25, -0.2) is 4.79 Å². The van der Waals surface area contributed by atoms with E-state index >= 15 is 0 Å². The van der Waals surface area contributed by atoms with Crippen LogP contribution in [0.1, 0.15) is 35.2 Å². The van der Waals surface area contributed by atoms with E-state index in [1.54, 1.807) is 28.0 Å². The Balaban J connectivity index is 1.22. The summed E-state index contributed by atoms with van der Waals surface area (Å²) in [6, 6.07) is 7.31. The zero-order chi connectivity index (χ0) is 20.9. The van der Waals surface area contributed by atoms with Gasteiger partial charge in [-0.3, -0.25) is 9.59 Å².